The minimum Gasteiger partial charge on any atom is -0.444 e. The van der Waals surface area contributed by atoms with Gasteiger partial charge in [-0.1, -0.05) is 18.2 Å². The summed E-state index contributed by atoms with van der Waals surface area (Å²) >= 11 is 6.03. The molecule has 1 aromatic heterocycles. The van der Waals surface area contributed by atoms with Crippen LogP contribution >= 0.6 is 11.6 Å². The quantitative estimate of drug-likeness (QED) is 0.840. The Hall–Kier alpha value is -2.18. The topological polar surface area (TPSA) is 73.3 Å². The van der Waals surface area contributed by atoms with Gasteiger partial charge < -0.3 is 14.8 Å². The molecule has 0 radical (unpaired) electrons. The molecular weight excluding hydrogens is 342 g/mol. The van der Waals surface area contributed by atoms with Gasteiger partial charge >= 0.3 is 6.09 Å². The van der Waals surface area contributed by atoms with Crippen LogP contribution in [0.25, 0.3) is 11.3 Å². The van der Waals surface area contributed by atoms with Crippen LogP contribution in [0.5, 0.6) is 0 Å². The van der Waals surface area contributed by atoms with Gasteiger partial charge in [0, 0.05) is 17.7 Å². The van der Waals surface area contributed by atoms with Crippen LogP contribution < -0.4 is 5.32 Å². The lowest BCUT2D eigenvalue weighted by Crippen LogP contribution is -2.32. The standard InChI is InChI=1S/C18H20ClN3O3/c1-18(2,3)25-17(23)20-8-11-5-4-6-12(7-11)15-13-9-24-10-14(13)21-16(19)22-15/h4-7H,8-10H2,1-3H3,(H,20,23). The first-order valence-electron chi connectivity index (χ1n) is 8.01. The number of alkyl carbamates (subject to hydrolysis) is 1. The van der Waals surface area contributed by atoms with E-state index in [-0.39, 0.29) is 5.28 Å². The molecule has 0 atom stereocenters. The van der Waals surface area contributed by atoms with Gasteiger partial charge in [0.1, 0.15) is 5.60 Å². The van der Waals surface area contributed by atoms with Crippen molar-refractivity contribution >= 4 is 17.7 Å². The lowest BCUT2D eigenvalue weighted by atomic mass is 10.0. The average molecular weight is 362 g/mol. The number of nitrogens with one attached hydrogen (secondary N) is 1. The molecule has 0 fully saturated rings. The lowest BCUT2D eigenvalue weighted by Gasteiger charge is -2.19. The number of benzene rings is 1. The summed E-state index contributed by atoms with van der Waals surface area (Å²) in [5, 5.41) is 2.96. The zero-order valence-corrected chi connectivity index (χ0v) is 15.2. The number of amides is 1. The summed E-state index contributed by atoms with van der Waals surface area (Å²) in [6, 6.07) is 7.77. The predicted octanol–water partition coefficient (Wildman–Crippen LogP) is 3.85. The maximum Gasteiger partial charge on any atom is 0.407 e. The Labute approximate surface area is 151 Å². The van der Waals surface area contributed by atoms with E-state index in [2.05, 4.69) is 15.3 Å². The van der Waals surface area contributed by atoms with Crippen molar-refractivity contribution in [2.24, 2.45) is 0 Å². The maximum atomic E-state index is 11.8. The van der Waals surface area contributed by atoms with Gasteiger partial charge in [0.15, 0.2) is 0 Å². The summed E-state index contributed by atoms with van der Waals surface area (Å²) in [5.41, 5.74) is 3.88. The van der Waals surface area contributed by atoms with E-state index >= 15 is 0 Å². The van der Waals surface area contributed by atoms with Crippen LogP contribution in [0, 0.1) is 0 Å². The molecular formula is C18H20ClN3O3. The van der Waals surface area contributed by atoms with E-state index < -0.39 is 11.7 Å². The van der Waals surface area contributed by atoms with Crippen LogP contribution in [0.4, 0.5) is 4.79 Å². The normalized spacial score (nSPS) is 13.4. The van der Waals surface area contributed by atoms with Crippen molar-refractivity contribution in [2.45, 2.75) is 46.1 Å². The Bertz CT molecular complexity index is 803. The number of fused-ring (bicyclic) bond motifs is 1. The third-order valence-electron chi connectivity index (χ3n) is 3.59. The Balaban J connectivity index is 1.78. The number of hydrogen-bond acceptors (Lipinski definition) is 5. The highest BCUT2D eigenvalue weighted by atomic mass is 35.5. The van der Waals surface area contributed by atoms with E-state index in [1.54, 1.807) is 0 Å². The minimum absolute atomic E-state index is 0.205. The largest absolute Gasteiger partial charge is 0.444 e. The molecule has 0 saturated carbocycles. The third-order valence-corrected chi connectivity index (χ3v) is 3.76. The molecule has 0 aliphatic carbocycles. The highest BCUT2D eigenvalue weighted by molar-refractivity contribution is 6.28. The van der Waals surface area contributed by atoms with Crippen molar-refractivity contribution in [3.05, 3.63) is 46.4 Å². The van der Waals surface area contributed by atoms with Crippen LogP contribution in [-0.4, -0.2) is 21.7 Å². The summed E-state index contributed by atoms with van der Waals surface area (Å²) < 4.78 is 10.7. The van der Waals surface area contributed by atoms with Crippen molar-refractivity contribution in [3.8, 4) is 11.3 Å². The average Bonchev–Trinajstić information content (AvgIpc) is 2.99. The number of carbonyl (C=O) groups is 1. The Morgan fingerprint density at radius 1 is 1.32 bits per heavy atom. The monoisotopic (exact) mass is 361 g/mol. The Morgan fingerprint density at radius 3 is 2.88 bits per heavy atom. The second kappa shape index (κ2) is 6.98. The molecule has 2 heterocycles. The van der Waals surface area contributed by atoms with Gasteiger partial charge in [-0.2, -0.15) is 0 Å². The van der Waals surface area contributed by atoms with Gasteiger partial charge in [-0.15, -0.1) is 0 Å². The lowest BCUT2D eigenvalue weighted by molar-refractivity contribution is 0.0523. The second-order valence-electron chi connectivity index (χ2n) is 6.82. The molecule has 1 N–H and O–H groups in total. The van der Waals surface area contributed by atoms with Gasteiger partial charge in [0.05, 0.1) is 24.6 Å². The highest BCUT2D eigenvalue weighted by Gasteiger charge is 2.21. The fraction of sp³-hybridized carbons (Fsp3) is 0.389. The number of carbonyl (C=O) groups excluding carboxylic acids is 1. The molecule has 25 heavy (non-hydrogen) atoms. The summed E-state index contributed by atoms with van der Waals surface area (Å²) in [6.45, 7) is 6.77. The first kappa shape index (κ1) is 17.6. The number of nitrogens with zero attached hydrogens (tertiary/aromatic N) is 2. The Morgan fingerprint density at radius 2 is 2.12 bits per heavy atom. The minimum atomic E-state index is -0.524. The van der Waals surface area contributed by atoms with E-state index in [0.717, 1.165) is 28.1 Å². The molecule has 3 rings (SSSR count). The third kappa shape index (κ3) is 4.46. The first-order valence-corrected chi connectivity index (χ1v) is 8.39. The molecule has 1 aromatic carbocycles. The van der Waals surface area contributed by atoms with Crippen molar-refractivity contribution in [3.63, 3.8) is 0 Å². The summed E-state index contributed by atoms with van der Waals surface area (Å²) in [5.74, 6) is 0. The highest BCUT2D eigenvalue weighted by Crippen LogP contribution is 2.30. The van der Waals surface area contributed by atoms with Crippen LogP contribution in [-0.2, 0) is 29.2 Å². The number of rotatable bonds is 3. The zero-order chi connectivity index (χ0) is 18.0. The molecule has 132 valence electrons. The molecule has 0 bridgehead atoms. The van der Waals surface area contributed by atoms with Crippen molar-refractivity contribution in [1.29, 1.82) is 0 Å². The molecule has 1 amide bonds. The van der Waals surface area contributed by atoms with Crippen LogP contribution in [0.3, 0.4) is 0 Å². The van der Waals surface area contributed by atoms with Gasteiger partial charge in [-0.05, 0) is 44.0 Å². The SMILES string of the molecule is CC(C)(C)OC(=O)NCc1cccc(-c2nc(Cl)nc3c2COC3)c1. The number of halogens is 1. The predicted molar refractivity (Wildman–Crippen MR) is 94.0 cm³/mol. The van der Waals surface area contributed by atoms with Gasteiger partial charge in [-0.3, -0.25) is 0 Å². The van der Waals surface area contributed by atoms with Crippen LogP contribution in [0.2, 0.25) is 5.28 Å². The van der Waals surface area contributed by atoms with Crippen molar-refractivity contribution in [2.75, 3.05) is 0 Å². The number of aromatic nitrogens is 2. The maximum absolute atomic E-state index is 11.8. The molecule has 2 aromatic rings. The van der Waals surface area contributed by atoms with E-state index in [1.165, 1.54) is 0 Å². The summed E-state index contributed by atoms with van der Waals surface area (Å²) in [6.07, 6.45) is -0.447. The van der Waals surface area contributed by atoms with E-state index in [4.69, 9.17) is 21.1 Å². The fourth-order valence-electron chi connectivity index (χ4n) is 2.58. The summed E-state index contributed by atoms with van der Waals surface area (Å²) in [7, 11) is 0. The number of hydrogen-bond donors (Lipinski definition) is 1. The van der Waals surface area contributed by atoms with E-state index in [1.807, 2.05) is 45.0 Å². The van der Waals surface area contributed by atoms with Crippen LogP contribution in [0.1, 0.15) is 37.6 Å². The molecule has 0 saturated heterocycles. The zero-order valence-electron chi connectivity index (χ0n) is 14.4. The summed E-state index contributed by atoms with van der Waals surface area (Å²) in [4.78, 5) is 20.4. The molecule has 1 aliphatic rings. The van der Waals surface area contributed by atoms with Gasteiger partial charge in [0.25, 0.3) is 0 Å². The van der Waals surface area contributed by atoms with Crippen molar-refractivity contribution < 1.29 is 14.3 Å². The van der Waals surface area contributed by atoms with Gasteiger partial charge in [0.2, 0.25) is 5.28 Å². The molecule has 7 heteroatoms. The van der Waals surface area contributed by atoms with Gasteiger partial charge in [-0.25, -0.2) is 14.8 Å². The second-order valence-corrected chi connectivity index (χ2v) is 7.15. The number of ether oxygens (including phenoxy) is 2. The van der Waals surface area contributed by atoms with Crippen LogP contribution in [0.15, 0.2) is 24.3 Å². The Kier molecular flexibility index (Phi) is 4.92. The molecule has 0 unspecified atom stereocenters. The molecule has 0 spiro atoms. The fourth-order valence-corrected chi connectivity index (χ4v) is 2.76. The molecule has 1 aliphatic heterocycles. The first-order chi connectivity index (χ1) is 11.8. The van der Waals surface area contributed by atoms with E-state index in [0.29, 0.717) is 19.8 Å². The molecule has 6 nitrogen and oxygen atoms in total. The van der Waals surface area contributed by atoms with E-state index in [9.17, 15) is 4.79 Å². The van der Waals surface area contributed by atoms with Crippen molar-refractivity contribution in [1.82, 2.24) is 15.3 Å². The smallest absolute Gasteiger partial charge is 0.407 e.